The van der Waals surface area contributed by atoms with E-state index in [9.17, 15) is 0 Å². The normalized spacial score (nSPS) is 11.1. The molecule has 0 bridgehead atoms. The highest BCUT2D eigenvalue weighted by atomic mass is 15.1. The van der Waals surface area contributed by atoms with Crippen LogP contribution >= 0.6 is 0 Å². The van der Waals surface area contributed by atoms with Crippen LogP contribution in [0.4, 0.5) is 0 Å². The van der Waals surface area contributed by atoms with Crippen molar-refractivity contribution in [2.24, 2.45) is 0 Å². The summed E-state index contributed by atoms with van der Waals surface area (Å²) in [4.78, 5) is 4.89. The molecule has 0 unspecified atom stereocenters. The lowest BCUT2D eigenvalue weighted by Crippen LogP contribution is -2.04. The van der Waals surface area contributed by atoms with Crippen molar-refractivity contribution in [2.75, 3.05) is 0 Å². The molecule has 0 atom stereocenters. The molecule has 6 rings (SSSR count). The lowest BCUT2D eigenvalue weighted by Gasteiger charge is -2.22. The van der Waals surface area contributed by atoms with Crippen LogP contribution in [0, 0.1) is 0 Å². The van der Waals surface area contributed by atoms with E-state index in [1.807, 2.05) is 6.20 Å². The van der Waals surface area contributed by atoms with E-state index in [1.165, 1.54) is 38.9 Å². The van der Waals surface area contributed by atoms with Gasteiger partial charge in [0.15, 0.2) is 0 Å². The molecule has 6 aromatic rings. The highest BCUT2D eigenvalue weighted by Crippen LogP contribution is 2.40. The second-order valence-corrected chi connectivity index (χ2v) is 9.92. The summed E-state index contributed by atoms with van der Waals surface area (Å²) < 4.78 is 2.26. The van der Waals surface area contributed by atoms with E-state index < -0.39 is 0 Å². The first kappa shape index (κ1) is 23.7. The van der Waals surface area contributed by atoms with Crippen molar-refractivity contribution in [1.29, 1.82) is 0 Å². The monoisotopic (exact) mass is 490 g/mol. The molecule has 0 radical (unpaired) electrons. The fourth-order valence-electron chi connectivity index (χ4n) is 5.09. The molecule has 0 aliphatic heterocycles. The van der Waals surface area contributed by atoms with Crippen LogP contribution in [0.25, 0.3) is 50.5 Å². The second kappa shape index (κ2) is 10.4. The summed E-state index contributed by atoms with van der Waals surface area (Å²) in [5, 5.41) is 0. The van der Waals surface area contributed by atoms with Crippen LogP contribution < -0.4 is 0 Å². The molecule has 38 heavy (non-hydrogen) atoms. The minimum Gasteiger partial charge on any atom is -0.299 e. The van der Waals surface area contributed by atoms with Gasteiger partial charge in [-0.1, -0.05) is 123 Å². The van der Waals surface area contributed by atoms with Crippen molar-refractivity contribution in [3.05, 3.63) is 145 Å². The molecule has 1 aromatic heterocycles. The van der Waals surface area contributed by atoms with Gasteiger partial charge in [0.1, 0.15) is 5.82 Å². The summed E-state index contributed by atoms with van der Waals surface area (Å²) in [6.07, 6.45) is 4.00. The molecule has 0 fully saturated rings. The molecule has 2 heteroatoms. The molecule has 0 saturated carbocycles. The number of hydrogen-bond acceptors (Lipinski definition) is 1. The van der Waals surface area contributed by atoms with Gasteiger partial charge in [0.25, 0.3) is 0 Å². The molecule has 184 valence electrons. The highest BCUT2D eigenvalue weighted by molar-refractivity contribution is 5.87. The minimum atomic E-state index is 0.402. The van der Waals surface area contributed by atoms with Crippen LogP contribution in [0.3, 0.4) is 0 Å². The van der Waals surface area contributed by atoms with Crippen LogP contribution in [-0.2, 0) is 0 Å². The third kappa shape index (κ3) is 4.57. The molecule has 5 aromatic carbocycles. The molecular formula is C36H30N2. The largest absolute Gasteiger partial charge is 0.299 e. The van der Waals surface area contributed by atoms with Crippen LogP contribution in [0.2, 0.25) is 0 Å². The number of imidazole rings is 1. The van der Waals surface area contributed by atoms with Gasteiger partial charge >= 0.3 is 0 Å². The molecule has 1 heterocycles. The lowest BCUT2D eigenvalue weighted by molar-refractivity contribution is 0.866. The molecular weight excluding hydrogens is 460 g/mol. The van der Waals surface area contributed by atoms with Gasteiger partial charge in [-0.3, -0.25) is 4.57 Å². The summed E-state index contributed by atoms with van der Waals surface area (Å²) in [7, 11) is 0. The van der Waals surface area contributed by atoms with Crippen LogP contribution in [0.1, 0.15) is 25.3 Å². The van der Waals surface area contributed by atoms with Gasteiger partial charge in [-0.15, -0.1) is 0 Å². The average molecular weight is 491 g/mol. The number of aromatic nitrogens is 2. The van der Waals surface area contributed by atoms with Gasteiger partial charge in [0.05, 0.1) is 5.69 Å². The first-order chi connectivity index (χ1) is 18.7. The van der Waals surface area contributed by atoms with Gasteiger partial charge in [0, 0.05) is 29.1 Å². The van der Waals surface area contributed by atoms with E-state index in [-0.39, 0.29) is 0 Å². The predicted molar refractivity (Wildman–Crippen MR) is 159 cm³/mol. The topological polar surface area (TPSA) is 17.8 Å². The standard InChI is InChI=1S/C36H30N2/c1-26(2)32-24-33(28-15-8-4-9-16-28)35(34(25-32)29-17-10-5-11-18-29)38-22-21-37-36(38)31-20-12-19-30(23-31)27-13-6-3-7-14-27/h3-26H,1-2H3. The van der Waals surface area contributed by atoms with Crippen molar-refractivity contribution >= 4 is 0 Å². The first-order valence-electron chi connectivity index (χ1n) is 13.2. The molecule has 2 nitrogen and oxygen atoms in total. The van der Waals surface area contributed by atoms with Gasteiger partial charge in [-0.25, -0.2) is 4.98 Å². The highest BCUT2D eigenvalue weighted by Gasteiger charge is 2.20. The van der Waals surface area contributed by atoms with E-state index in [4.69, 9.17) is 4.98 Å². The lowest BCUT2D eigenvalue weighted by atomic mass is 9.89. The van der Waals surface area contributed by atoms with E-state index in [0.29, 0.717) is 5.92 Å². The molecule has 0 aliphatic carbocycles. The van der Waals surface area contributed by atoms with Gasteiger partial charge in [0.2, 0.25) is 0 Å². The predicted octanol–water partition coefficient (Wildman–Crippen LogP) is 9.66. The Balaban J connectivity index is 1.62. The van der Waals surface area contributed by atoms with Gasteiger partial charge in [-0.05, 0) is 51.9 Å². The maximum atomic E-state index is 4.89. The Kier molecular flexibility index (Phi) is 6.46. The Hall–Kier alpha value is -4.69. The Morgan fingerprint density at radius 1 is 0.526 bits per heavy atom. The SMILES string of the molecule is CC(C)c1cc(-c2ccccc2)c(-n2ccnc2-c2cccc(-c3ccccc3)c2)c(-c2ccccc2)c1. The zero-order chi connectivity index (χ0) is 25.9. The van der Waals surface area contributed by atoms with E-state index in [0.717, 1.165) is 17.1 Å². The van der Waals surface area contributed by atoms with Crippen molar-refractivity contribution in [3.63, 3.8) is 0 Å². The molecule has 0 N–H and O–H groups in total. The zero-order valence-corrected chi connectivity index (χ0v) is 21.8. The molecule has 0 spiro atoms. The molecule has 0 amide bonds. The fraction of sp³-hybridized carbons (Fsp3) is 0.0833. The van der Waals surface area contributed by atoms with E-state index in [1.54, 1.807) is 0 Å². The summed E-state index contributed by atoms with van der Waals surface area (Å²) in [5.41, 5.74) is 10.7. The zero-order valence-electron chi connectivity index (χ0n) is 21.8. The Bertz CT molecular complexity index is 1600. The van der Waals surface area contributed by atoms with Crippen LogP contribution in [0.5, 0.6) is 0 Å². The van der Waals surface area contributed by atoms with E-state index >= 15 is 0 Å². The molecule has 0 saturated heterocycles. The summed E-state index contributed by atoms with van der Waals surface area (Å²) in [6, 6.07) is 45.3. The second-order valence-electron chi connectivity index (χ2n) is 9.92. The van der Waals surface area contributed by atoms with E-state index in [2.05, 4.69) is 152 Å². The number of nitrogens with zero attached hydrogens (tertiary/aromatic N) is 2. The Labute approximate surface area is 224 Å². The maximum absolute atomic E-state index is 4.89. The number of hydrogen-bond donors (Lipinski definition) is 0. The Morgan fingerprint density at radius 3 is 1.58 bits per heavy atom. The maximum Gasteiger partial charge on any atom is 0.144 e. The van der Waals surface area contributed by atoms with Crippen molar-refractivity contribution in [3.8, 4) is 50.5 Å². The third-order valence-electron chi connectivity index (χ3n) is 7.08. The summed E-state index contributed by atoms with van der Waals surface area (Å²) in [5.74, 6) is 1.33. The fourth-order valence-corrected chi connectivity index (χ4v) is 5.09. The average Bonchev–Trinajstić information content (AvgIpc) is 3.47. The van der Waals surface area contributed by atoms with Crippen molar-refractivity contribution < 1.29 is 0 Å². The minimum absolute atomic E-state index is 0.402. The number of rotatable bonds is 6. The van der Waals surface area contributed by atoms with Crippen molar-refractivity contribution in [1.82, 2.24) is 9.55 Å². The molecule has 0 aliphatic rings. The van der Waals surface area contributed by atoms with Gasteiger partial charge in [-0.2, -0.15) is 0 Å². The summed E-state index contributed by atoms with van der Waals surface area (Å²) in [6.45, 7) is 4.52. The quantitative estimate of drug-likeness (QED) is 0.227. The van der Waals surface area contributed by atoms with Crippen LogP contribution in [-0.4, -0.2) is 9.55 Å². The third-order valence-corrected chi connectivity index (χ3v) is 7.08. The van der Waals surface area contributed by atoms with Crippen molar-refractivity contribution in [2.45, 2.75) is 19.8 Å². The van der Waals surface area contributed by atoms with Crippen LogP contribution in [0.15, 0.2) is 140 Å². The van der Waals surface area contributed by atoms with Gasteiger partial charge < -0.3 is 0 Å². The first-order valence-corrected chi connectivity index (χ1v) is 13.2. The summed E-state index contributed by atoms with van der Waals surface area (Å²) >= 11 is 0. The Morgan fingerprint density at radius 2 is 1.03 bits per heavy atom. The number of benzene rings is 5. The smallest absolute Gasteiger partial charge is 0.144 e.